The molecule has 45 heavy (non-hydrogen) atoms. The average Bonchev–Trinajstić information content (AvgIpc) is 3.67. The van der Waals surface area contributed by atoms with Gasteiger partial charge in [0.15, 0.2) is 11.3 Å². The molecule has 0 saturated carbocycles. The molecule has 2 N–H and O–H groups in total. The number of nitrogens with one attached hydrogen (secondary N) is 2. The van der Waals surface area contributed by atoms with Crippen LogP contribution in [0.25, 0.3) is 33.7 Å². The Labute approximate surface area is 264 Å². The van der Waals surface area contributed by atoms with Gasteiger partial charge < -0.3 is 24.8 Å². The van der Waals surface area contributed by atoms with Gasteiger partial charge in [0.05, 0.1) is 43.6 Å². The van der Waals surface area contributed by atoms with Gasteiger partial charge in [-0.25, -0.2) is 24.0 Å². The largest absolute Gasteiger partial charge is 0.491 e. The summed E-state index contributed by atoms with van der Waals surface area (Å²) in [6.07, 6.45) is 9.20. The van der Waals surface area contributed by atoms with Crippen LogP contribution in [-0.2, 0) is 15.9 Å². The molecule has 0 unspecified atom stereocenters. The van der Waals surface area contributed by atoms with E-state index < -0.39 is 0 Å². The SMILES string of the molecule is Clc1cc2cc(c1)-c1cnn3ccc(nc13)NCCOCCO2.c1cc2cc(n1)NCCOCCCc1ccc3ncc-2n3n1. The highest BCUT2D eigenvalue weighted by atomic mass is 35.5. The lowest BCUT2D eigenvalue weighted by atomic mass is 10.1. The van der Waals surface area contributed by atoms with E-state index in [1.807, 2.05) is 59.4 Å². The van der Waals surface area contributed by atoms with E-state index in [1.165, 1.54) is 0 Å². The van der Waals surface area contributed by atoms with E-state index >= 15 is 0 Å². The van der Waals surface area contributed by atoms with Gasteiger partial charge in [-0.2, -0.15) is 10.2 Å². The lowest BCUT2D eigenvalue weighted by Gasteiger charge is -2.11. The van der Waals surface area contributed by atoms with Crippen LogP contribution in [0.15, 0.2) is 73.3 Å². The fourth-order valence-corrected chi connectivity index (χ4v) is 5.41. The summed E-state index contributed by atoms with van der Waals surface area (Å²) in [6.45, 7) is 4.44. The number of hydrogen-bond acceptors (Lipinski definition) is 10. The van der Waals surface area contributed by atoms with Crippen molar-refractivity contribution < 1.29 is 14.2 Å². The number of halogens is 1. The van der Waals surface area contributed by atoms with Crippen LogP contribution in [-0.4, -0.2) is 80.3 Å². The van der Waals surface area contributed by atoms with Gasteiger partial charge in [-0.05, 0) is 66.9 Å². The molecule has 2 aliphatic rings. The second-order valence-corrected chi connectivity index (χ2v) is 10.9. The van der Waals surface area contributed by atoms with Crippen LogP contribution in [0.2, 0.25) is 5.02 Å². The topological polar surface area (TPSA) is 125 Å². The molecule has 230 valence electrons. The molecule has 2 aliphatic heterocycles. The van der Waals surface area contributed by atoms with Crippen molar-refractivity contribution in [3.05, 3.63) is 84.0 Å². The smallest absolute Gasteiger partial charge is 0.165 e. The third-order valence-corrected chi connectivity index (χ3v) is 7.57. The Bertz CT molecular complexity index is 1930. The lowest BCUT2D eigenvalue weighted by molar-refractivity contribution is 0.107. The second kappa shape index (κ2) is 13.5. The zero-order valence-electron chi connectivity index (χ0n) is 24.5. The number of rotatable bonds is 0. The molecule has 12 nitrogen and oxygen atoms in total. The number of pyridine rings is 1. The van der Waals surface area contributed by atoms with Crippen molar-refractivity contribution in [1.82, 2.24) is 34.2 Å². The lowest BCUT2D eigenvalue weighted by Crippen LogP contribution is -2.14. The Balaban J connectivity index is 0.000000145. The van der Waals surface area contributed by atoms with Crippen molar-refractivity contribution in [3.63, 3.8) is 0 Å². The minimum Gasteiger partial charge on any atom is -0.491 e. The van der Waals surface area contributed by atoms with Crippen molar-refractivity contribution in [2.45, 2.75) is 12.8 Å². The molecular weight excluding hydrogens is 594 g/mol. The van der Waals surface area contributed by atoms with Gasteiger partial charge in [-0.15, -0.1) is 0 Å². The van der Waals surface area contributed by atoms with Gasteiger partial charge >= 0.3 is 0 Å². The van der Waals surface area contributed by atoms with Crippen LogP contribution in [0.4, 0.5) is 11.6 Å². The first kappa shape index (κ1) is 29.0. The van der Waals surface area contributed by atoms with E-state index in [4.69, 9.17) is 30.9 Å². The molecule has 13 heteroatoms. The molecular formula is C32H32ClN9O3. The van der Waals surface area contributed by atoms with Crippen LogP contribution in [0.5, 0.6) is 5.75 Å². The van der Waals surface area contributed by atoms with E-state index in [1.54, 1.807) is 23.0 Å². The van der Waals surface area contributed by atoms with Crippen LogP contribution >= 0.6 is 11.6 Å². The molecule has 8 rings (SSSR count). The Hall–Kier alpha value is -4.78. The number of benzene rings is 1. The summed E-state index contributed by atoms with van der Waals surface area (Å²) in [7, 11) is 0. The maximum Gasteiger partial charge on any atom is 0.165 e. The average molecular weight is 626 g/mol. The number of aryl methyl sites for hydroxylation is 1. The number of anilines is 2. The molecule has 5 aromatic heterocycles. The number of hydrogen-bond donors (Lipinski definition) is 2. The molecule has 0 radical (unpaired) electrons. The van der Waals surface area contributed by atoms with Crippen LogP contribution < -0.4 is 15.4 Å². The Kier molecular flexibility index (Phi) is 8.67. The van der Waals surface area contributed by atoms with Gasteiger partial charge in [0.1, 0.15) is 24.0 Å². The first-order chi connectivity index (χ1) is 22.2. The molecule has 0 spiro atoms. The maximum absolute atomic E-state index is 6.23. The van der Waals surface area contributed by atoms with Crippen molar-refractivity contribution in [2.24, 2.45) is 0 Å². The van der Waals surface area contributed by atoms with Crippen molar-refractivity contribution in [1.29, 1.82) is 0 Å². The molecule has 1 aromatic carbocycles. The summed E-state index contributed by atoms with van der Waals surface area (Å²) >= 11 is 6.23. The van der Waals surface area contributed by atoms with Crippen molar-refractivity contribution in [3.8, 4) is 28.1 Å². The van der Waals surface area contributed by atoms with E-state index in [2.05, 4.69) is 30.7 Å². The molecule has 8 bridgehead atoms. The van der Waals surface area contributed by atoms with Crippen LogP contribution in [0.1, 0.15) is 12.1 Å². The fraction of sp³-hybridized carbons (Fsp3) is 0.281. The predicted molar refractivity (Wildman–Crippen MR) is 172 cm³/mol. The number of aromatic nitrogens is 7. The first-order valence-corrected chi connectivity index (χ1v) is 15.3. The predicted octanol–water partition coefficient (Wildman–Crippen LogP) is 5.04. The van der Waals surface area contributed by atoms with Gasteiger partial charge in [-0.1, -0.05) is 11.6 Å². The number of nitrogens with zero attached hydrogens (tertiary/aromatic N) is 7. The Morgan fingerprint density at radius 1 is 0.800 bits per heavy atom. The fourth-order valence-electron chi connectivity index (χ4n) is 5.18. The third-order valence-electron chi connectivity index (χ3n) is 7.35. The monoisotopic (exact) mass is 625 g/mol. The first-order valence-electron chi connectivity index (χ1n) is 14.9. The van der Waals surface area contributed by atoms with Crippen LogP contribution in [0, 0.1) is 0 Å². The zero-order valence-corrected chi connectivity index (χ0v) is 25.3. The standard InChI is InChI=1S/C16H15ClN4O2.C16H17N5O/c17-12-7-11-8-13(9-12)23-6-5-22-4-2-18-15-1-3-21-16(20-15)14(11)10-19-21;1-2-13-3-4-16-19-11-14(21(16)20-13)12-5-6-17-15(10-12)18-7-9-22-8-1/h1,3,7-10H,2,4-6H2,(H,18,20);3-6,10-11H,1-2,7-9H2,(H,17,18). The minimum atomic E-state index is 0.479. The van der Waals surface area contributed by atoms with Crippen molar-refractivity contribution >= 4 is 34.5 Å². The number of fused-ring (bicyclic) bond motifs is 8. The quantitative estimate of drug-likeness (QED) is 0.237. The highest BCUT2D eigenvalue weighted by Crippen LogP contribution is 2.31. The highest BCUT2D eigenvalue weighted by molar-refractivity contribution is 6.31. The summed E-state index contributed by atoms with van der Waals surface area (Å²) in [4.78, 5) is 13.4. The number of imidazole rings is 1. The summed E-state index contributed by atoms with van der Waals surface area (Å²) in [5, 5.41) is 16.2. The maximum atomic E-state index is 6.23. The molecule has 6 aromatic rings. The van der Waals surface area contributed by atoms with E-state index in [-0.39, 0.29) is 0 Å². The molecule has 0 saturated heterocycles. The molecule has 0 amide bonds. The molecule has 0 fully saturated rings. The highest BCUT2D eigenvalue weighted by Gasteiger charge is 2.13. The number of ether oxygens (including phenoxy) is 3. The van der Waals surface area contributed by atoms with Crippen molar-refractivity contribution in [2.75, 3.05) is 56.8 Å². The van der Waals surface area contributed by atoms with Gasteiger partial charge in [0.25, 0.3) is 0 Å². The summed E-state index contributed by atoms with van der Waals surface area (Å²) in [5.41, 5.74) is 6.54. The van der Waals surface area contributed by atoms with E-state index in [0.717, 1.165) is 77.0 Å². The van der Waals surface area contributed by atoms with E-state index in [9.17, 15) is 0 Å². The third kappa shape index (κ3) is 6.83. The zero-order chi connectivity index (χ0) is 30.4. The van der Waals surface area contributed by atoms with Gasteiger partial charge in [0.2, 0.25) is 0 Å². The molecule has 0 atom stereocenters. The van der Waals surface area contributed by atoms with Gasteiger partial charge in [0, 0.05) is 48.2 Å². The van der Waals surface area contributed by atoms with Crippen LogP contribution in [0.3, 0.4) is 0 Å². The second-order valence-electron chi connectivity index (χ2n) is 10.5. The summed E-state index contributed by atoms with van der Waals surface area (Å²) in [6, 6.07) is 15.6. The molecule has 7 heterocycles. The summed E-state index contributed by atoms with van der Waals surface area (Å²) < 4.78 is 20.5. The minimum absolute atomic E-state index is 0.479. The Morgan fingerprint density at radius 2 is 1.69 bits per heavy atom. The Morgan fingerprint density at radius 3 is 2.62 bits per heavy atom. The normalized spacial score (nSPS) is 15.2. The van der Waals surface area contributed by atoms with E-state index in [0.29, 0.717) is 43.7 Å². The van der Waals surface area contributed by atoms with Gasteiger partial charge in [-0.3, -0.25) is 0 Å². The summed E-state index contributed by atoms with van der Waals surface area (Å²) in [5.74, 6) is 2.34. The molecule has 0 aliphatic carbocycles.